The van der Waals surface area contributed by atoms with Gasteiger partial charge in [-0.3, -0.25) is 0 Å². The van der Waals surface area contributed by atoms with Crippen molar-refractivity contribution in [1.82, 2.24) is 0 Å². The summed E-state index contributed by atoms with van der Waals surface area (Å²) in [6.07, 6.45) is 0. The summed E-state index contributed by atoms with van der Waals surface area (Å²) in [4.78, 5) is 0. The lowest BCUT2D eigenvalue weighted by Gasteiger charge is -2.20. The van der Waals surface area contributed by atoms with E-state index in [0.717, 1.165) is 14.5 Å². The zero-order chi connectivity index (χ0) is 14.1. The molecule has 0 aromatic heterocycles. The van der Waals surface area contributed by atoms with E-state index in [9.17, 15) is 0 Å². The standard InChI is InChI=1S/C15H20Br2Si/c1-15(2,3)11-9-13(16)12(14(17)10-11)7-8-18(4,5)6/h9-10H,1-6H3. The van der Waals surface area contributed by atoms with E-state index in [1.807, 2.05) is 0 Å². The molecule has 0 atom stereocenters. The van der Waals surface area contributed by atoms with Crippen LogP contribution in [0.15, 0.2) is 21.1 Å². The first-order chi connectivity index (χ1) is 8.00. The van der Waals surface area contributed by atoms with Gasteiger partial charge in [0.15, 0.2) is 0 Å². The molecule has 0 aliphatic carbocycles. The Labute approximate surface area is 129 Å². The van der Waals surface area contributed by atoms with Gasteiger partial charge in [-0.1, -0.05) is 46.3 Å². The summed E-state index contributed by atoms with van der Waals surface area (Å²) in [7, 11) is -1.34. The largest absolute Gasteiger partial charge is 0.129 e. The van der Waals surface area contributed by atoms with Crippen LogP contribution in [0.3, 0.4) is 0 Å². The van der Waals surface area contributed by atoms with Gasteiger partial charge in [0, 0.05) is 8.95 Å². The highest BCUT2D eigenvalue weighted by Crippen LogP contribution is 2.32. The Morgan fingerprint density at radius 1 is 1.00 bits per heavy atom. The molecular weight excluding hydrogens is 368 g/mol. The van der Waals surface area contributed by atoms with Crippen LogP contribution in [0.25, 0.3) is 0 Å². The molecule has 0 nitrogen and oxygen atoms in total. The average Bonchev–Trinajstić information content (AvgIpc) is 2.12. The Bertz CT molecular complexity index is 485. The molecule has 0 unspecified atom stereocenters. The topological polar surface area (TPSA) is 0 Å². The SMILES string of the molecule is CC(C)(C)c1cc(Br)c(C#C[Si](C)(C)C)c(Br)c1. The van der Waals surface area contributed by atoms with Crippen molar-refractivity contribution in [3.63, 3.8) is 0 Å². The van der Waals surface area contributed by atoms with Gasteiger partial charge in [-0.05, 0) is 55.0 Å². The van der Waals surface area contributed by atoms with Gasteiger partial charge >= 0.3 is 0 Å². The molecule has 1 rings (SSSR count). The minimum atomic E-state index is -1.34. The van der Waals surface area contributed by atoms with E-state index in [0.29, 0.717) is 0 Å². The van der Waals surface area contributed by atoms with Gasteiger partial charge < -0.3 is 0 Å². The summed E-state index contributed by atoms with van der Waals surface area (Å²) < 4.78 is 2.15. The van der Waals surface area contributed by atoms with Crippen molar-refractivity contribution >= 4 is 39.9 Å². The summed E-state index contributed by atoms with van der Waals surface area (Å²) in [5.74, 6) is 3.32. The molecule has 1 aromatic carbocycles. The van der Waals surface area contributed by atoms with Gasteiger partial charge in [-0.15, -0.1) is 5.54 Å². The van der Waals surface area contributed by atoms with Crippen LogP contribution in [0.2, 0.25) is 19.6 Å². The van der Waals surface area contributed by atoms with E-state index in [2.05, 4.69) is 95.9 Å². The number of hydrogen-bond donors (Lipinski definition) is 0. The quantitative estimate of drug-likeness (QED) is 0.393. The molecule has 0 bridgehead atoms. The lowest BCUT2D eigenvalue weighted by Crippen LogP contribution is -2.16. The monoisotopic (exact) mass is 386 g/mol. The number of rotatable bonds is 0. The van der Waals surface area contributed by atoms with Crippen molar-refractivity contribution < 1.29 is 0 Å². The van der Waals surface area contributed by atoms with E-state index in [-0.39, 0.29) is 5.41 Å². The molecule has 0 N–H and O–H groups in total. The van der Waals surface area contributed by atoms with Crippen molar-refractivity contribution in [3.05, 3.63) is 32.2 Å². The van der Waals surface area contributed by atoms with Crippen LogP contribution in [0, 0.1) is 11.5 Å². The molecule has 1 aromatic rings. The van der Waals surface area contributed by atoms with Crippen molar-refractivity contribution in [2.24, 2.45) is 0 Å². The van der Waals surface area contributed by atoms with Gasteiger partial charge in [-0.25, -0.2) is 0 Å². The highest BCUT2D eigenvalue weighted by atomic mass is 79.9. The molecule has 0 aliphatic rings. The van der Waals surface area contributed by atoms with Crippen LogP contribution >= 0.6 is 31.9 Å². The van der Waals surface area contributed by atoms with Crippen molar-refractivity contribution in [2.45, 2.75) is 45.8 Å². The number of hydrogen-bond acceptors (Lipinski definition) is 0. The fourth-order valence-corrected chi connectivity index (χ4v) is 3.26. The van der Waals surface area contributed by atoms with Crippen LogP contribution in [0.5, 0.6) is 0 Å². The second-order valence-corrected chi connectivity index (χ2v) is 13.0. The molecule has 0 saturated carbocycles. The third-order valence-corrected chi connectivity index (χ3v) is 4.60. The van der Waals surface area contributed by atoms with Gasteiger partial charge in [0.1, 0.15) is 8.07 Å². The predicted molar refractivity (Wildman–Crippen MR) is 90.8 cm³/mol. The zero-order valence-corrected chi connectivity index (χ0v) is 16.1. The third kappa shape index (κ3) is 4.57. The Kier molecular flexibility index (Phi) is 4.91. The first-order valence-electron chi connectivity index (χ1n) is 6.03. The minimum absolute atomic E-state index is 0.149. The second kappa shape index (κ2) is 5.52. The fraction of sp³-hybridized carbons (Fsp3) is 0.467. The van der Waals surface area contributed by atoms with Crippen LogP contribution in [0.1, 0.15) is 31.9 Å². The van der Waals surface area contributed by atoms with Gasteiger partial charge in [-0.2, -0.15) is 0 Å². The normalized spacial score (nSPS) is 12.0. The molecule has 98 valence electrons. The van der Waals surface area contributed by atoms with E-state index in [1.54, 1.807) is 0 Å². The van der Waals surface area contributed by atoms with E-state index >= 15 is 0 Å². The molecule has 0 spiro atoms. The summed E-state index contributed by atoms with van der Waals surface area (Å²) in [5.41, 5.74) is 5.92. The maximum Gasteiger partial charge on any atom is 0.129 e. The first kappa shape index (κ1) is 16.0. The fourth-order valence-electron chi connectivity index (χ4n) is 1.38. The first-order valence-corrected chi connectivity index (χ1v) is 11.1. The third-order valence-electron chi connectivity index (χ3n) is 2.47. The molecule has 0 saturated heterocycles. The van der Waals surface area contributed by atoms with Crippen molar-refractivity contribution in [2.75, 3.05) is 0 Å². The highest BCUT2D eigenvalue weighted by molar-refractivity contribution is 9.11. The lowest BCUT2D eigenvalue weighted by atomic mass is 9.87. The average molecular weight is 388 g/mol. The number of benzene rings is 1. The maximum absolute atomic E-state index is 3.64. The number of halogens is 2. The lowest BCUT2D eigenvalue weighted by molar-refractivity contribution is 0.589. The summed E-state index contributed by atoms with van der Waals surface area (Å²) in [5, 5.41) is 0. The van der Waals surface area contributed by atoms with E-state index in [4.69, 9.17) is 0 Å². The summed E-state index contributed by atoms with van der Waals surface area (Å²) >= 11 is 7.28. The summed E-state index contributed by atoms with van der Waals surface area (Å²) in [6, 6.07) is 4.36. The van der Waals surface area contributed by atoms with Crippen molar-refractivity contribution in [3.8, 4) is 11.5 Å². The Morgan fingerprint density at radius 2 is 1.44 bits per heavy atom. The Hall–Kier alpha value is -0.0431. The molecule has 0 heterocycles. The van der Waals surface area contributed by atoms with Gasteiger partial charge in [0.2, 0.25) is 0 Å². The molecule has 18 heavy (non-hydrogen) atoms. The maximum atomic E-state index is 3.64. The molecular formula is C15H20Br2Si. The molecule has 0 aliphatic heterocycles. The molecule has 0 radical (unpaired) electrons. The molecule has 3 heteroatoms. The van der Waals surface area contributed by atoms with Crippen LogP contribution < -0.4 is 0 Å². The van der Waals surface area contributed by atoms with Crippen molar-refractivity contribution in [1.29, 1.82) is 0 Å². The van der Waals surface area contributed by atoms with Crippen LogP contribution in [-0.4, -0.2) is 8.07 Å². The van der Waals surface area contributed by atoms with E-state index < -0.39 is 8.07 Å². The predicted octanol–water partition coefficient (Wildman–Crippen LogP) is 5.74. The van der Waals surface area contributed by atoms with Gasteiger partial charge in [0.05, 0.1) is 5.56 Å². The zero-order valence-electron chi connectivity index (χ0n) is 11.9. The summed E-state index contributed by atoms with van der Waals surface area (Å²) in [6.45, 7) is 13.4. The smallest absolute Gasteiger partial charge is 0.127 e. The Morgan fingerprint density at radius 3 is 1.78 bits per heavy atom. The molecule has 0 fully saturated rings. The van der Waals surface area contributed by atoms with E-state index in [1.165, 1.54) is 5.56 Å². The minimum Gasteiger partial charge on any atom is -0.127 e. The van der Waals surface area contributed by atoms with Crippen LogP contribution in [0.4, 0.5) is 0 Å². The van der Waals surface area contributed by atoms with Gasteiger partial charge in [0.25, 0.3) is 0 Å². The Balaban J connectivity index is 3.29. The second-order valence-electron chi connectivity index (χ2n) is 6.56. The van der Waals surface area contributed by atoms with Crippen LogP contribution in [-0.2, 0) is 5.41 Å². The highest BCUT2D eigenvalue weighted by Gasteiger charge is 2.17. The molecule has 0 amide bonds.